The van der Waals surface area contributed by atoms with Crippen LogP contribution in [0.15, 0.2) is 29.3 Å². The Bertz CT molecular complexity index is 763. The number of sulfonamides is 1. The predicted octanol–water partition coefficient (Wildman–Crippen LogP) is 2.76. The molecular formula is C19H33ClIN5O2S. The second-order valence-corrected chi connectivity index (χ2v) is 9.34. The lowest BCUT2D eigenvalue weighted by molar-refractivity contribution is 0.427. The minimum Gasteiger partial charge on any atom is -0.369 e. The number of benzene rings is 1. The summed E-state index contributed by atoms with van der Waals surface area (Å²) >= 11 is 6.10. The first-order chi connectivity index (χ1) is 13.3. The smallest absolute Gasteiger partial charge is 0.211 e. The van der Waals surface area contributed by atoms with Gasteiger partial charge in [-0.3, -0.25) is 4.99 Å². The van der Waals surface area contributed by atoms with Gasteiger partial charge in [-0.2, -0.15) is 0 Å². The topological polar surface area (TPSA) is 77.0 Å². The Labute approximate surface area is 197 Å². The van der Waals surface area contributed by atoms with E-state index in [1.165, 1.54) is 10.6 Å². The first-order valence-corrected chi connectivity index (χ1v) is 12.1. The van der Waals surface area contributed by atoms with Crippen molar-refractivity contribution in [3.05, 3.63) is 29.3 Å². The van der Waals surface area contributed by atoms with E-state index in [1.807, 2.05) is 32.0 Å². The quantitative estimate of drug-likeness (QED) is 0.211. The summed E-state index contributed by atoms with van der Waals surface area (Å²) in [5.74, 6) is 0.780. The Balaban J connectivity index is 0.00000420. The molecule has 0 amide bonds. The second-order valence-electron chi connectivity index (χ2n) is 6.92. The van der Waals surface area contributed by atoms with Gasteiger partial charge in [-0.15, -0.1) is 24.0 Å². The standard InChI is InChI=1S/C19H32ClN5O2S.HI/c1-4-21-19(22-11-7-12-25(5-2)28(3,26)27)23-17-10-13-24(15-17)18-9-6-8-16(20)14-18;/h6,8-9,14,17H,4-5,7,10-13,15H2,1-3H3,(H2,21,22,23);1H. The molecule has 1 saturated heterocycles. The summed E-state index contributed by atoms with van der Waals surface area (Å²) < 4.78 is 24.8. The molecule has 1 aliphatic rings. The fraction of sp³-hybridized carbons (Fsp3) is 0.632. The normalized spacial score (nSPS) is 17.3. The summed E-state index contributed by atoms with van der Waals surface area (Å²) in [6.07, 6.45) is 2.96. The highest BCUT2D eigenvalue weighted by Crippen LogP contribution is 2.23. The van der Waals surface area contributed by atoms with Crippen LogP contribution < -0.4 is 15.5 Å². The maximum atomic E-state index is 11.6. The van der Waals surface area contributed by atoms with E-state index in [1.54, 1.807) is 0 Å². The maximum absolute atomic E-state index is 11.6. The number of aliphatic imine (C=N–C) groups is 1. The summed E-state index contributed by atoms with van der Waals surface area (Å²) in [5, 5.41) is 7.52. The van der Waals surface area contributed by atoms with Gasteiger partial charge in [0.15, 0.2) is 5.96 Å². The lowest BCUT2D eigenvalue weighted by Gasteiger charge is -2.21. The molecule has 166 valence electrons. The van der Waals surface area contributed by atoms with E-state index in [-0.39, 0.29) is 24.0 Å². The minimum atomic E-state index is -3.14. The zero-order valence-corrected chi connectivity index (χ0v) is 21.3. The molecule has 29 heavy (non-hydrogen) atoms. The molecule has 1 fully saturated rings. The van der Waals surface area contributed by atoms with E-state index in [9.17, 15) is 8.42 Å². The lowest BCUT2D eigenvalue weighted by Crippen LogP contribution is -2.44. The summed E-state index contributed by atoms with van der Waals surface area (Å²) in [4.78, 5) is 6.93. The zero-order valence-electron chi connectivity index (χ0n) is 17.4. The molecule has 2 N–H and O–H groups in total. The number of nitrogens with zero attached hydrogens (tertiary/aromatic N) is 3. The SMILES string of the molecule is CCNC(=NCCCN(CC)S(C)(=O)=O)NC1CCN(c2cccc(Cl)c2)C1.I. The molecule has 1 aromatic carbocycles. The van der Waals surface area contributed by atoms with Crippen molar-refractivity contribution in [2.45, 2.75) is 32.7 Å². The van der Waals surface area contributed by atoms with Crippen molar-refractivity contribution in [3.8, 4) is 0 Å². The summed E-state index contributed by atoms with van der Waals surface area (Å²) in [5.41, 5.74) is 1.14. The Morgan fingerprint density at radius 1 is 1.38 bits per heavy atom. The van der Waals surface area contributed by atoms with Gasteiger partial charge < -0.3 is 15.5 Å². The van der Waals surface area contributed by atoms with Crippen molar-refractivity contribution in [2.24, 2.45) is 4.99 Å². The molecule has 0 bridgehead atoms. The Kier molecular flexibility index (Phi) is 11.6. The summed E-state index contributed by atoms with van der Waals surface area (Å²) in [7, 11) is -3.14. The molecule has 1 aliphatic heterocycles. The summed E-state index contributed by atoms with van der Waals surface area (Å²) in [6, 6.07) is 8.23. The van der Waals surface area contributed by atoms with E-state index in [0.29, 0.717) is 32.1 Å². The molecule has 0 aliphatic carbocycles. The van der Waals surface area contributed by atoms with Gasteiger partial charge in [-0.1, -0.05) is 24.6 Å². The molecule has 1 unspecified atom stereocenters. The molecule has 0 spiro atoms. The summed E-state index contributed by atoms with van der Waals surface area (Å²) in [6.45, 7) is 8.08. The third-order valence-corrected chi connectivity index (χ3v) is 6.32. The van der Waals surface area contributed by atoms with Crippen LogP contribution >= 0.6 is 35.6 Å². The van der Waals surface area contributed by atoms with E-state index >= 15 is 0 Å². The Hall–Kier alpha value is -0.780. The Morgan fingerprint density at radius 2 is 2.14 bits per heavy atom. The predicted molar refractivity (Wildman–Crippen MR) is 133 cm³/mol. The number of rotatable bonds is 9. The van der Waals surface area contributed by atoms with E-state index in [0.717, 1.165) is 42.7 Å². The molecule has 0 aromatic heterocycles. The first kappa shape index (κ1) is 26.3. The highest BCUT2D eigenvalue weighted by atomic mass is 127. The second kappa shape index (κ2) is 12.8. The van der Waals surface area contributed by atoms with Crippen LogP contribution in [0.1, 0.15) is 26.7 Å². The number of halogens is 2. The van der Waals surface area contributed by atoms with E-state index < -0.39 is 10.0 Å². The monoisotopic (exact) mass is 557 g/mol. The van der Waals surface area contributed by atoms with Crippen LogP contribution in [-0.4, -0.2) is 70.2 Å². The molecule has 1 heterocycles. The lowest BCUT2D eigenvalue weighted by atomic mass is 10.2. The van der Waals surface area contributed by atoms with Gasteiger partial charge in [0.1, 0.15) is 0 Å². The van der Waals surface area contributed by atoms with Crippen LogP contribution in [0.5, 0.6) is 0 Å². The minimum absolute atomic E-state index is 0. The number of nitrogens with one attached hydrogen (secondary N) is 2. The number of hydrogen-bond acceptors (Lipinski definition) is 4. The molecule has 1 atom stereocenters. The van der Waals surface area contributed by atoms with Gasteiger partial charge in [-0.05, 0) is 38.0 Å². The van der Waals surface area contributed by atoms with Crippen molar-refractivity contribution in [1.29, 1.82) is 0 Å². The largest absolute Gasteiger partial charge is 0.369 e. The van der Waals surface area contributed by atoms with Gasteiger partial charge in [0.05, 0.1) is 6.26 Å². The van der Waals surface area contributed by atoms with E-state index in [4.69, 9.17) is 11.6 Å². The van der Waals surface area contributed by atoms with Gasteiger partial charge in [0.2, 0.25) is 10.0 Å². The third kappa shape index (κ3) is 8.85. The Morgan fingerprint density at radius 3 is 2.76 bits per heavy atom. The molecule has 1 aromatic rings. The fourth-order valence-corrected chi connectivity index (χ4v) is 4.41. The van der Waals surface area contributed by atoms with Crippen molar-refractivity contribution < 1.29 is 8.42 Å². The highest BCUT2D eigenvalue weighted by molar-refractivity contribution is 14.0. The molecule has 0 radical (unpaired) electrons. The molecule has 0 saturated carbocycles. The van der Waals surface area contributed by atoms with Crippen molar-refractivity contribution in [1.82, 2.24) is 14.9 Å². The van der Waals surface area contributed by atoms with Crippen LogP contribution in [0.3, 0.4) is 0 Å². The zero-order chi connectivity index (χ0) is 20.6. The van der Waals surface area contributed by atoms with Gasteiger partial charge >= 0.3 is 0 Å². The maximum Gasteiger partial charge on any atom is 0.211 e. The van der Waals surface area contributed by atoms with Gasteiger partial charge in [0, 0.05) is 56.0 Å². The fourth-order valence-electron chi connectivity index (χ4n) is 3.30. The molecule has 10 heteroatoms. The van der Waals surface area contributed by atoms with Crippen LogP contribution in [-0.2, 0) is 10.0 Å². The molecular weight excluding hydrogens is 525 g/mol. The van der Waals surface area contributed by atoms with Crippen molar-refractivity contribution in [2.75, 3.05) is 50.4 Å². The van der Waals surface area contributed by atoms with Crippen LogP contribution in [0.4, 0.5) is 5.69 Å². The first-order valence-electron chi connectivity index (χ1n) is 9.84. The number of guanidine groups is 1. The van der Waals surface area contributed by atoms with Crippen molar-refractivity contribution >= 4 is 57.2 Å². The van der Waals surface area contributed by atoms with E-state index in [2.05, 4.69) is 26.6 Å². The van der Waals surface area contributed by atoms with Gasteiger partial charge in [0.25, 0.3) is 0 Å². The van der Waals surface area contributed by atoms with Crippen LogP contribution in [0, 0.1) is 0 Å². The van der Waals surface area contributed by atoms with Crippen LogP contribution in [0.2, 0.25) is 5.02 Å². The average Bonchev–Trinajstić information content (AvgIpc) is 3.09. The van der Waals surface area contributed by atoms with Crippen LogP contribution in [0.25, 0.3) is 0 Å². The third-order valence-electron chi connectivity index (χ3n) is 4.70. The molecule has 7 nitrogen and oxygen atoms in total. The number of anilines is 1. The van der Waals surface area contributed by atoms with Gasteiger partial charge in [-0.25, -0.2) is 12.7 Å². The molecule has 2 rings (SSSR count). The number of hydrogen-bond donors (Lipinski definition) is 2. The highest BCUT2D eigenvalue weighted by Gasteiger charge is 2.23. The van der Waals surface area contributed by atoms with Crippen molar-refractivity contribution in [3.63, 3.8) is 0 Å². The average molecular weight is 558 g/mol.